The van der Waals surface area contributed by atoms with E-state index in [-0.39, 0.29) is 12.6 Å². The predicted octanol–water partition coefficient (Wildman–Crippen LogP) is 3.81. The number of nitrogens with one attached hydrogen (secondary N) is 2. The molecule has 0 bridgehead atoms. The van der Waals surface area contributed by atoms with Crippen molar-refractivity contribution in [2.75, 3.05) is 11.9 Å². The van der Waals surface area contributed by atoms with Crippen LogP contribution >= 0.6 is 11.6 Å². The number of amides is 2. The summed E-state index contributed by atoms with van der Waals surface area (Å²) >= 11 is 5.88. The van der Waals surface area contributed by atoms with Gasteiger partial charge < -0.3 is 15.7 Å². The van der Waals surface area contributed by atoms with Gasteiger partial charge in [0, 0.05) is 17.3 Å². The Bertz CT molecular complexity index is 673. The topological polar surface area (TPSA) is 61.4 Å². The molecule has 0 heterocycles. The van der Waals surface area contributed by atoms with Gasteiger partial charge in [0.25, 0.3) is 0 Å². The molecule has 0 aliphatic heterocycles. The molecule has 0 radical (unpaired) electrons. The van der Waals surface area contributed by atoms with Crippen LogP contribution in [0.2, 0.25) is 5.02 Å². The van der Waals surface area contributed by atoms with Gasteiger partial charge in [0.15, 0.2) is 0 Å². The van der Waals surface area contributed by atoms with E-state index in [9.17, 15) is 9.90 Å². The van der Waals surface area contributed by atoms with E-state index in [0.29, 0.717) is 10.6 Å². The molecule has 0 saturated heterocycles. The van der Waals surface area contributed by atoms with E-state index in [0.717, 1.165) is 16.8 Å². The molecule has 0 aromatic heterocycles. The van der Waals surface area contributed by atoms with Crippen LogP contribution in [0.4, 0.5) is 10.5 Å². The summed E-state index contributed by atoms with van der Waals surface area (Å²) in [6.45, 7) is 4.00. The van der Waals surface area contributed by atoms with Crippen molar-refractivity contribution in [2.45, 2.75) is 20.0 Å². The number of hydrogen-bond donors (Lipinski definition) is 3. The van der Waals surface area contributed by atoms with Gasteiger partial charge >= 0.3 is 6.03 Å². The molecule has 0 unspecified atom stereocenters. The van der Waals surface area contributed by atoms with Crippen LogP contribution in [0.1, 0.15) is 22.8 Å². The predicted molar refractivity (Wildman–Crippen MR) is 89.3 cm³/mol. The van der Waals surface area contributed by atoms with Gasteiger partial charge in [-0.25, -0.2) is 4.79 Å². The quantitative estimate of drug-likeness (QED) is 0.802. The maximum atomic E-state index is 11.9. The van der Waals surface area contributed by atoms with Gasteiger partial charge in [0.2, 0.25) is 0 Å². The summed E-state index contributed by atoms with van der Waals surface area (Å²) < 4.78 is 0. The number of urea groups is 1. The Morgan fingerprint density at radius 3 is 2.73 bits per heavy atom. The highest BCUT2D eigenvalue weighted by Crippen LogP contribution is 2.18. The highest BCUT2D eigenvalue weighted by Gasteiger charge is 2.10. The van der Waals surface area contributed by atoms with Crippen molar-refractivity contribution < 1.29 is 9.90 Å². The van der Waals surface area contributed by atoms with E-state index < -0.39 is 6.10 Å². The van der Waals surface area contributed by atoms with E-state index in [1.807, 2.05) is 32.0 Å². The van der Waals surface area contributed by atoms with Crippen molar-refractivity contribution >= 4 is 23.3 Å². The third-order valence-corrected chi connectivity index (χ3v) is 3.57. The number of rotatable bonds is 4. The van der Waals surface area contributed by atoms with Gasteiger partial charge in [-0.05, 0) is 48.7 Å². The van der Waals surface area contributed by atoms with Crippen LogP contribution in [0.25, 0.3) is 0 Å². The van der Waals surface area contributed by atoms with Gasteiger partial charge in [-0.1, -0.05) is 35.9 Å². The molecule has 1 atom stereocenters. The first-order valence-electron chi connectivity index (χ1n) is 7.01. The fraction of sp³-hybridized carbons (Fsp3) is 0.235. The van der Waals surface area contributed by atoms with Crippen LogP contribution in [0.5, 0.6) is 0 Å². The van der Waals surface area contributed by atoms with Crippen molar-refractivity contribution in [2.24, 2.45) is 0 Å². The molecule has 0 aliphatic carbocycles. The van der Waals surface area contributed by atoms with Gasteiger partial charge in [-0.15, -0.1) is 0 Å². The van der Waals surface area contributed by atoms with Crippen molar-refractivity contribution in [1.29, 1.82) is 0 Å². The Labute approximate surface area is 135 Å². The van der Waals surface area contributed by atoms with Gasteiger partial charge in [-0.2, -0.15) is 0 Å². The highest BCUT2D eigenvalue weighted by atomic mass is 35.5. The lowest BCUT2D eigenvalue weighted by Crippen LogP contribution is -2.32. The second-order valence-corrected chi connectivity index (χ2v) is 5.66. The molecule has 2 aromatic rings. The largest absolute Gasteiger partial charge is 0.387 e. The Morgan fingerprint density at radius 1 is 1.23 bits per heavy atom. The van der Waals surface area contributed by atoms with Crippen molar-refractivity contribution in [3.05, 3.63) is 64.2 Å². The fourth-order valence-electron chi connectivity index (χ4n) is 2.06. The van der Waals surface area contributed by atoms with Crippen LogP contribution in [0.3, 0.4) is 0 Å². The van der Waals surface area contributed by atoms with E-state index in [1.165, 1.54) is 0 Å². The highest BCUT2D eigenvalue weighted by molar-refractivity contribution is 6.30. The standard InChI is InChI=1S/C17H19ClN2O2/c1-11-6-7-12(2)15(8-11)20-17(22)19-10-16(21)13-4-3-5-14(18)9-13/h3-9,16,21H,10H2,1-2H3,(H2,19,20,22)/t16-/m0/s1. The number of benzene rings is 2. The molecule has 2 aromatic carbocycles. The normalized spacial score (nSPS) is 11.8. The van der Waals surface area contributed by atoms with E-state index >= 15 is 0 Å². The van der Waals surface area contributed by atoms with Crippen LogP contribution in [-0.2, 0) is 0 Å². The molecule has 2 amide bonds. The minimum Gasteiger partial charge on any atom is -0.387 e. The number of anilines is 1. The average molecular weight is 319 g/mol. The summed E-state index contributed by atoms with van der Waals surface area (Å²) in [6.07, 6.45) is -0.803. The van der Waals surface area contributed by atoms with Crippen molar-refractivity contribution in [3.63, 3.8) is 0 Å². The Kier molecular flexibility index (Phi) is 5.41. The first-order chi connectivity index (χ1) is 10.5. The number of hydrogen-bond acceptors (Lipinski definition) is 2. The second-order valence-electron chi connectivity index (χ2n) is 5.22. The van der Waals surface area contributed by atoms with E-state index in [1.54, 1.807) is 24.3 Å². The van der Waals surface area contributed by atoms with Crippen LogP contribution in [0.15, 0.2) is 42.5 Å². The molecule has 0 fully saturated rings. The SMILES string of the molecule is Cc1ccc(C)c(NC(=O)NC[C@H](O)c2cccc(Cl)c2)c1. The molecule has 4 nitrogen and oxygen atoms in total. The monoisotopic (exact) mass is 318 g/mol. The maximum absolute atomic E-state index is 11.9. The molecule has 0 aliphatic rings. The molecular weight excluding hydrogens is 300 g/mol. The minimum atomic E-state index is -0.803. The summed E-state index contributed by atoms with van der Waals surface area (Å²) in [5.74, 6) is 0. The average Bonchev–Trinajstić information content (AvgIpc) is 2.48. The Morgan fingerprint density at radius 2 is 2.00 bits per heavy atom. The third-order valence-electron chi connectivity index (χ3n) is 3.33. The van der Waals surface area contributed by atoms with E-state index in [2.05, 4.69) is 10.6 Å². The lowest BCUT2D eigenvalue weighted by atomic mass is 10.1. The van der Waals surface area contributed by atoms with Gasteiger partial charge in [-0.3, -0.25) is 0 Å². The molecule has 0 saturated carbocycles. The Hall–Kier alpha value is -2.04. The fourth-order valence-corrected chi connectivity index (χ4v) is 2.26. The van der Waals surface area contributed by atoms with Crippen LogP contribution in [-0.4, -0.2) is 17.7 Å². The molecule has 3 N–H and O–H groups in total. The Balaban J connectivity index is 1.91. The zero-order chi connectivity index (χ0) is 16.1. The summed E-state index contributed by atoms with van der Waals surface area (Å²) in [4.78, 5) is 11.9. The number of aliphatic hydroxyl groups excluding tert-OH is 1. The molecular formula is C17H19ClN2O2. The maximum Gasteiger partial charge on any atom is 0.319 e. The zero-order valence-electron chi connectivity index (χ0n) is 12.6. The lowest BCUT2D eigenvalue weighted by molar-refractivity contribution is 0.175. The summed E-state index contributed by atoms with van der Waals surface area (Å²) in [5, 5.41) is 16.0. The van der Waals surface area contributed by atoms with Crippen molar-refractivity contribution in [1.82, 2.24) is 5.32 Å². The van der Waals surface area contributed by atoms with Crippen LogP contribution in [0, 0.1) is 13.8 Å². The third kappa shape index (κ3) is 4.48. The number of aryl methyl sites for hydroxylation is 2. The summed E-state index contributed by atoms with van der Waals surface area (Å²) in [7, 11) is 0. The molecule has 2 rings (SSSR count). The zero-order valence-corrected chi connectivity index (χ0v) is 13.3. The summed E-state index contributed by atoms with van der Waals surface area (Å²) in [6, 6.07) is 12.4. The lowest BCUT2D eigenvalue weighted by Gasteiger charge is -2.14. The first kappa shape index (κ1) is 16.3. The first-order valence-corrected chi connectivity index (χ1v) is 7.39. The number of halogens is 1. The molecule has 5 heteroatoms. The molecule has 0 spiro atoms. The van der Waals surface area contributed by atoms with Crippen LogP contribution < -0.4 is 10.6 Å². The second kappa shape index (κ2) is 7.29. The van der Waals surface area contributed by atoms with Crippen molar-refractivity contribution in [3.8, 4) is 0 Å². The smallest absolute Gasteiger partial charge is 0.319 e. The van der Waals surface area contributed by atoms with E-state index in [4.69, 9.17) is 11.6 Å². The van der Waals surface area contributed by atoms with Gasteiger partial charge in [0.05, 0.1) is 6.10 Å². The molecule has 22 heavy (non-hydrogen) atoms. The minimum absolute atomic E-state index is 0.108. The number of aliphatic hydroxyl groups is 1. The number of carbonyl (C=O) groups is 1. The molecule has 116 valence electrons. The number of carbonyl (C=O) groups excluding carboxylic acids is 1. The summed E-state index contributed by atoms with van der Waals surface area (Å²) in [5.41, 5.74) is 3.48. The van der Waals surface area contributed by atoms with Gasteiger partial charge in [0.1, 0.15) is 0 Å².